The second-order valence-corrected chi connectivity index (χ2v) is 2.43. The number of hydrogen-bond acceptors (Lipinski definition) is 1. The molecule has 1 rings (SSSR count). The first kappa shape index (κ1) is 8.56. The molecule has 1 aromatic carbocycles. The molecule has 0 fully saturated rings. The van der Waals surface area contributed by atoms with E-state index in [2.05, 4.69) is 10.0 Å². The number of azide groups is 1. The SMILES string of the molecule is CC(N=[N+]=[N-])c1ccc(F)cc1.[HH]. The summed E-state index contributed by atoms with van der Waals surface area (Å²) in [7, 11) is 0. The van der Waals surface area contributed by atoms with Crippen LogP contribution in [0.3, 0.4) is 0 Å². The van der Waals surface area contributed by atoms with Crippen LogP contribution in [0.25, 0.3) is 10.4 Å². The zero-order valence-electron chi connectivity index (χ0n) is 6.61. The molecule has 1 aromatic rings. The molecule has 0 aliphatic heterocycles. The Labute approximate surface area is 70.9 Å². The van der Waals surface area contributed by atoms with Gasteiger partial charge in [-0.3, -0.25) is 0 Å². The maximum atomic E-state index is 12.4. The van der Waals surface area contributed by atoms with Gasteiger partial charge in [-0.2, -0.15) is 0 Å². The smallest absolute Gasteiger partial charge is 0.123 e. The summed E-state index contributed by atoms with van der Waals surface area (Å²) in [5, 5.41) is 3.48. The van der Waals surface area contributed by atoms with E-state index in [1.54, 1.807) is 19.1 Å². The largest absolute Gasteiger partial charge is 0.207 e. The molecule has 1 atom stereocenters. The van der Waals surface area contributed by atoms with Crippen LogP contribution in [-0.2, 0) is 0 Å². The van der Waals surface area contributed by atoms with Crippen molar-refractivity contribution in [2.45, 2.75) is 13.0 Å². The van der Waals surface area contributed by atoms with E-state index >= 15 is 0 Å². The molecule has 0 saturated heterocycles. The van der Waals surface area contributed by atoms with Gasteiger partial charge in [0.15, 0.2) is 0 Å². The molecule has 0 N–H and O–H groups in total. The zero-order chi connectivity index (χ0) is 8.97. The van der Waals surface area contributed by atoms with Gasteiger partial charge in [-0.1, -0.05) is 24.2 Å². The van der Waals surface area contributed by atoms with Crippen molar-refractivity contribution in [1.29, 1.82) is 0 Å². The standard InChI is InChI=1S/C8H8FN3.H2/c1-6(11-12-10)7-2-4-8(9)5-3-7;/h2-6H,1H3;1H. The lowest BCUT2D eigenvalue weighted by Crippen LogP contribution is -1.87. The van der Waals surface area contributed by atoms with Crippen LogP contribution in [0.4, 0.5) is 4.39 Å². The molecule has 0 aromatic heterocycles. The van der Waals surface area contributed by atoms with E-state index in [9.17, 15) is 4.39 Å². The minimum atomic E-state index is -0.285. The van der Waals surface area contributed by atoms with E-state index in [-0.39, 0.29) is 13.3 Å². The molecule has 1 unspecified atom stereocenters. The first-order valence-corrected chi connectivity index (χ1v) is 3.53. The number of benzene rings is 1. The van der Waals surface area contributed by atoms with Crippen LogP contribution in [0.5, 0.6) is 0 Å². The van der Waals surface area contributed by atoms with E-state index in [1.807, 2.05) is 0 Å². The average molecular weight is 167 g/mol. The van der Waals surface area contributed by atoms with E-state index in [0.717, 1.165) is 5.56 Å². The third-order valence-electron chi connectivity index (χ3n) is 1.58. The molecule has 0 radical (unpaired) electrons. The Morgan fingerprint density at radius 2 is 2.08 bits per heavy atom. The Kier molecular flexibility index (Phi) is 2.66. The molecular weight excluding hydrogens is 157 g/mol. The highest BCUT2D eigenvalue weighted by atomic mass is 19.1. The molecule has 12 heavy (non-hydrogen) atoms. The van der Waals surface area contributed by atoms with Gasteiger partial charge < -0.3 is 0 Å². The third kappa shape index (κ3) is 1.97. The Bertz CT molecular complexity index is 306. The Morgan fingerprint density at radius 1 is 1.50 bits per heavy atom. The highest BCUT2D eigenvalue weighted by molar-refractivity contribution is 5.19. The monoisotopic (exact) mass is 167 g/mol. The number of nitrogens with zero attached hydrogens (tertiary/aromatic N) is 3. The van der Waals surface area contributed by atoms with Gasteiger partial charge in [-0.05, 0) is 23.2 Å². The van der Waals surface area contributed by atoms with Gasteiger partial charge in [0.25, 0.3) is 0 Å². The topological polar surface area (TPSA) is 48.8 Å². The van der Waals surface area contributed by atoms with Gasteiger partial charge in [0.2, 0.25) is 0 Å². The van der Waals surface area contributed by atoms with Crippen LogP contribution in [0.15, 0.2) is 29.4 Å². The second kappa shape index (κ2) is 3.74. The summed E-state index contributed by atoms with van der Waals surface area (Å²) in [6, 6.07) is 5.66. The molecule has 0 amide bonds. The molecule has 4 heteroatoms. The molecule has 3 nitrogen and oxygen atoms in total. The minimum Gasteiger partial charge on any atom is -0.207 e. The average Bonchev–Trinajstić information content (AvgIpc) is 2.06. The van der Waals surface area contributed by atoms with Gasteiger partial charge >= 0.3 is 0 Å². The van der Waals surface area contributed by atoms with Crippen molar-refractivity contribution in [3.05, 3.63) is 46.1 Å². The highest BCUT2D eigenvalue weighted by Crippen LogP contribution is 2.16. The summed E-state index contributed by atoms with van der Waals surface area (Å²) in [4.78, 5) is 2.67. The summed E-state index contributed by atoms with van der Waals surface area (Å²) < 4.78 is 12.4. The van der Waals surface area contributed by atoms with Crippen molar-refractivity contribution in [1.82, 2.24) is 0 Å². The van der Waals surface area contributed by atoms with Crippen LogP contribution in [0.1, 0.15) is 20.0 Å². The van der Waals surface area contributed by atoms with Crippen LogP contribution < -0.4 is 0 Å². The highest BCUT2D eigenvalue weighted by Gasteiger charge is 2.01. The summed E-state index contributed by atoms with van der Waals surface area (Å²) in [6.07, 6.45) is 0. The maximum absolute atomic E-state index is 12.4. The lowest BCUT2D eigenvalue weighted by atomic mass is 10.1. The maximum Gasteiger partial charge on any atom is 0.123 e. The van der Waals surface area contributed by atoms with Crippen LogP contribution in [0, 0.1) is 5.82 Å². The number of hydrogen-bond donors (Lipinski definition) is 0. The van der Waals surface area contributed by atoms with Crippen molar-refractivity contribution in [3.63, 3.8) is 0 Å². The van der Waals surface area contributed by atoms with Crippen LogP contribution in [-0.4, -0.2) is 0 Å². The quantitative estimate of drug-likeness (QED) is 0.368. The van der Waals surface area contributed by atoms with E-state index in [1.165, 1.54) is 12.1 Å². The molecule has 0 aliphatic rings. The molecule has 0 spiro atoms. The fourth-order valence-electron chi connectivity index (χ4n) is 0.885. The lowest BCUT2D eigenvalue weighted by Gasteiger charge is -2.02. The molecule has 64 valence electrons. The first-order chi connectivity index (χ1) is 5.74. The van der Waals surface area contributed by atoms with Crippen molar-refractivity contribution in [2.75, 3.05) is 0 Å². The van der Waals surface area contributed by atoms with Crippen molar-refractivity contribution in [3.8, 4) is 0 Å². The van der Waals surface area contributed by atoms with E-state index in [0.29, 0.717) is 0 Å². The fraction of sp³-hybridized carbons (Fsp3) is 0.250. The van der Waals surface area contributed by atoms with Crippen molar-refractivity contribution >= 4 is 0 Å². The van der Waals surface area contributed by atoms with Gasteiger partial charge in [0.05, 0.1) is 6.04 Å². The number of halogens is 1. The van der Waals surface area contributed by atoms with Crippen LogP contribution in [0.2, 0.25) is 0 Å². The van der Waals surface area contributed by atoms with E-state index in [4.69, 9.17) is 5.53 Å². The number of rotatable bonds is 2. The van der Waals surface area contributed by atoms with Crippen molar-refractivity contribution in [2.24, 2.45) is 5.11 Å². The van der Waals surface area contributed by atoms with Crippen molar-refractivity contribution < 1.29 is 5.82 Å². The normalized spacial score (nSPS) is 11.8. The Balaban J connectivity index is 0.00000144. The van der Waals surface area contributed by atoms with Crippen LogP contribution >= 0.6 is 0 Å². The second-order valence-electron chi connectivity index (χ2n) is 2.43. The summed E-state index contributed by atoms with van der Waals surface area (Å²) in [5.41, 5.74) is 8.95. The van der Waals surface area contributed by atoms with Gasteiger partial charge in [-0.25, -0.2) is 4.39 Å². The van der Waals surface area contributed by atoms with Gasteiger partial charge in [0, 0.05) is 6.34 Å². The third-order valence-corrected chi connectivity index (χ3v) is 1.58. The first-order valence-electron chi connectivity index (χ1n) is 3.53. The summed E-state index contributed by atoms with van der Waals surface area (Å²) in [6.45, 7) is 1.76. The Hall–Kier alpha value is -1.54. The lowest BCUT2D eigenvalue weighted by molar-refractivity contribution is 0.626. The zero-order valence-corrected chi connectivity index (χ0v) is 6.61. The summed E-state index contributed by atoms with van der Waals surface area (Å²) >= 11 is 0. The predicted molar refractivity (Wildman–Crippen MR) is 46.1 cm³/mol. The molecular formula is C8H10FN3. The fourth-order valence-corrected chi connectivity index (χ4v) is 0.885. The minimum absolute atomic E-state index is 0. The predicted octanol–water partition coefficient (Wildman–Crippen LogP) is 3.44. The van der Waals surface area contributed by atoms with Gasteiger partial charge in [0.1, 0.15) is 5.82 Å². The Morgan fingerprint density at radius 3 is 2.58 bits per heavy atom. The molecule has 0 bridgehead atoms. The van der Waals surface area contributed by atoms with Gasteiger partial charge in [-0.15, -0.1) is 0 Å². The molecule has 0 aliphatic carbocycles. The summed E-state index contributed by atoms with van der Waals surface area (Å²) in [5.74, 6) is -0.285. The van der Waals surface area contributed by atoms with E-state index < -0.39 is 0 Å². The molecule has 0 heterocycles. The molecule has 0 saturated carbocycles.